The number of rotatable bonds is 6. The van der Waals surface area contributed by atoms with E-state index < -0.39 is 0 Å². The summed E-state index contributed by atoms with van der Waals surface area (Å²) in [4.78, 5) is 0. The number of nitrogens with one attached hydrogen (secondary N) is 2. The smallest absolute Gasteiger partial charge is 0.0644 e. The van der Waals surface area contributed by atoms with Crippen LogP contribution < -0.4 is 10.6 Å². The van der Waals surface area contributed by atoms with Crippen LogP contribution in [0.3, 0.4) is 0 Å². The summed E-state index contributed by atoms with van der Waals surface area (Å²) in [6.45, 7) is 9.25. The first-order valence-corrected chi connectivity index (χ1v) is 7.65. The van der Waals surface area contributed by atoms with Crippen LogP contribution in [-0.2, 0) is 13.0 Å². The van der Waals surface area contributed by atoms with Gasteiger partial charge in [-0.25, -0.2) is 0 Å². The zero-order chi connectivity index (χ0) is 14.6. The standard InChI is InChI=1S/C15H28N4O/c1-15(2,3)17-8-7-16-13-5-4-6-14-12(13)11-18-19(14)9-10-20/h11,13,16-17,20H,4-10H2,1-3H3. The van der Waals surface area contributed by atoms with Gasteiger partial charge in [-0.3, -0.25) is 4.68 Å². The fourth-order valence-electron chi connectivity index (χ4n) is 2.80. The van der Waals surface area contributed by atoms with Crippen LogP contribution in [-0.4, -0.2) is 40.1 Å². The van der Waals surface area contributed by atoms with E-state index >= 15 is 0 Å². The van der Waals surface area contributed by atoms with E-state index in [0.717, 1.165) is 19.5 Å². The van der Waals surface area contributed by atoms with Crippen molar-refractivity contribution in [3.63, 3.8) is 0 Å². The molecule has 1 unspecified atom stereocenters. The summed E-state index contributed by atoms with van der Waals surface area (Å²) < 4.78 is 1.95. The van der Waals surface area contributed by atoms with E-state index in [9.17, 15) is 0 Å². The zero-order valence-corrected chi connectivity index (χ0v) is 12.9. The zero-order valence-electron chi connectivity index (χ0n) is 12.9. The van der Waals surface area contributed by atoms with E-state index in [1.807, 2.05) is 10.9 Å². The van der Waals surface area contributed by atoms with Gasteiger partial charge < -0.3 is 15.7 Å². The van der Waals surface area contributed by atoms with Crippen LogP contribution in [0.1, 0.15) is 50.9 Å². The molecule has 114 valence electrons. The average molecular weight is 280 g/mol. The number of aliphatic hydroxyl groups excluding tert-OH is 1. The minimum atomic E-state index is 0.154. The first-order chi connectivity index (χ1) is 9.51. The fourth-order valence-corrected chi connectivity index (χ4v) is 2.80. The highest BCUT2D eigenvalue weighted by Crippen LogP contribution is 2.29. The summed E-state index contributed by atoms with van der Waals surface area (Å²) in [7, 11) is 0. The number of hydrogen-bond donors (Lipinski definition) is 3. The van der Waals surface area contributed by atoms with Crippen LogP contribution in [0.5, 0.6) is 0 Å². The summed E-state index contributed by atoms with van der Waals surface area (Å²) in [5.41, 5.74) is 2.79. The van der Waals surface area contributed by atoms with Crippen molar-refractivity contribution in [2.75, 3.05) is 19.7 Å². The van der Waals surface area contributed by atoms with E-state index in [1.165, 1.54) is 24.1 Å². The third kappa shape index (κ3) is 4.04. The van der Waals surface area contributed by atoms with Crippen LogP contribution in [0, 0.1) is 0 Å². The molecule has 2 rings (SSSR count). The lowest BCUT2D eigenvalue weighted by atomic mass is 9.93. The van der Waals surface area contributed by atoms with E-state index in [-0.39, 0.29) is 12.1 Å². The quantitative estimate of drug-likeness (QED) is 0.686. The number of nitrogens with zero attached hydrogens (tertiary/aromatic N) is 2. The van der Waals surface area contributed by atoms with Crippen molar-refractivity contribution in [2.45, 2.75) is 58.2 Å². The average Bonchev–Trinajstić information content (AvgIpc) is 2.78. The molecule has 3 N–H and O–H groups in total. The first kappa shape index (κ1) is 15.5. The lowest BCUT2D eigenvalue weighted by Gasteiger charge is -2.26. The molecule has 0 amide bonds. The molecule has 0 radical (unpaired) electrons. The van der Waals surface area contributed by atoms with Gasteiger partial charge in [0.1, 0.15) is 0 Å². The van der Waals surface area contributed by atoms with Gasteiger partial charge in [-0.1, -0.05) is 0 Å². The topological polar surface area (TPSA) is 62.1 Å². The molecule has 1 atom stereocenters. The highest BCUT2D eigenvalue weighted by molar-refractivity contribution is 5.24. The van der Waals surface area contributed by atoms with Gasteiger partial charge in [-0.2, -0.15) is 5.10 Å². The Morgan fingerprint density at radius 1 is 1.40 bits per heavy atom. The summed E-state index contributed by atoms with van der Waals surface area (Å²) in [6, 6.07) is 0.410. The van der Waals surface area contributed by atoms with Crippen molar-refractivity contribution in [1.82, 2.24) is 20.4 Å². The second-order valence-electron chi connectivity index (χ2n) is 6.57. The van der Waals surface area contributed by atoms with Crippen molar-refractivity contribution in [3.05, 3.63) is 17.5 Å². The molecule has 1 aliphatic carbocycles. The van der Waals surface area contributed by atoms with Crippen molar-refractivity contribution >= 4 is 0 Å². The fraction of sp³-hybridized carbons (Fsp3) is 0.800. The van der Waals surface area contributed by atoms with E-state index in [4.69, 9.17) is 5.11 Å². The summed E-state index contributed by atoms with van der Waals surface area (Å²) in [6.07, 6.45) is 5.41. The maximum atomic E-state index is 9.07. The monoisotopic (exact) mass is 280 g/mol. The Labute approximate surface area is 121 Å². The maximum absolute atomic E-state index is 9.07. The molecule has 5 heteroatoms. The van der Waals surface area contributed by atoms with Crippen molar-refractivity contribution in [3.8, 4) is 0 Å². The molecule has 0 aromatic carbocycles. The molecular weight excluding hydrogens is 252 g/mol. The third-order valence-electron chi connectivity index (χ3n) is 3.75. The summed E-state index contributed by atoms with van der Waals surface area (Å²) >= 11 is 0. The SMILES string of the molecule is CC(C)(C)NCCNC1CCCc2c1cnn2CCO. The number of hydrogen-bond acceptors (Lipinski definition) is 4. The predicted octanol–water partition coefficient (Wildman–Crippen LogP) is 1.23. The van der Waals surface area contributed by atoms with E-state index in [2.05, 4.69) is 36.5 Å². The van der Waals surface area contributed by atoms with Crippen LogP contribution in [0.2, 0.25) is 0 Å². The molecule has 1 aliphatic rings. The van der Waals surface area contributed by atoms with Crippen LogP contribution in [0.25, 0.3) is 0 Å². The Morgan fingerprint density at radius 2 is 2.20 bits per heavy atom. The highest BCUT2D eigenvalue weighted by Gasteiger charge is 2.23. The van der Waals surface area contributed by atoms with Gasteiger partial charge >= 0.3 is 0 Å². The Kier molecular flexibility index (Phi) is 5.18. The molecule has 1 aromatic heterocycles. The van der Waals surface area contributed by atoms with Gasteiger partial charge in [0.05, 0.1) is 19.3 Å². The molecule has 0 saturated carbocycles. The third-order valence-corrected chi connectivity index (χ3v) is 3.75. The Morgan fingerprint density at radius 3 is 2.90 bits per heavy atom. The minimum Gasteiger partial charge on any atom is -0.394 e. The highest BCUT2D eigenvalue weighted by atomic mass is 16.3. The van der Waals surface area contributed by atoms with Crippen LogP contribution in [0.4, 0.5) is 0 Å². The molecule has 0 spiro atoms. The van der Waals surface area contributed by atoms with Gasteiger partial charge in [0, 0.05) is 35.9 Å². The Balaban J connectivity index is 1.89. The van der Waals surface area contributed by atoms with E-state index in [0.29, 0.717) is 12.6 Å². The lowest BCUT2D eigenvalue weighted by Crippen LogP contribution is -2.41. The lowest BCUT2D eigenvalue weighted by molar-refractivity contribution is 0.266. The molecule has 1 heterocycles. The number of aromatic nitrogens is 2. The normalized spacial score (nSPS) is 19.1. The molecule has 0 fully saturated rings. The van der Waals surface area contributed by atoms with Crippen LogP contribution >= 0.6 is 0 Å². The molecule has 0 bridgehead atoms. The molecule has 1 aromatic rings. The first-order valence-electron chi connectivity index (χ1n) is 7.65. The van der Waals surface area contributed by atoms with Gasteiger partial charge in [0.25, 0.3) is 0 Å². The number of aliphatic hydroxyl groups is 1. The molecule has 20 heavy (non-hydrogen) atoms. The van der Waals surface area contributed by atoms with Gasteiger partial charge in [-0.15, -0.1) is 0 Å². The minimum absolute atomic E-state index is 0.154. The molecular formula is C15H28N4O. The van der Waals surface area contributed by atoms with Gasteiger partial charge in [0.15, 0.2) is 0 Å². The van der Waals surface area contributed by atoms with E-state index in [1.54, 1.807) is 0 Å². The van der Waals surface area contributed by atoms with Crippen molar-refractivity contribution in [1.29, 1.82) is 0 Å². The van der Waals surface area contributed by atoms with Gasteiger partial charge in [-0.05, 0) is 40.0 Å². The Hall–Kier alpha value is -0.910. The second kappa shape index (κ2) is 6.70. The molecule has 5 nitrogen and oxygen atoms in total. The maximum Gasteiger partial charge on any atom is 0.0644 e. The van der Waals surface area contributed by atoms with Crippen molar-refractivity contribution in [2.24, 2.45) is 0 Å². The summed E-state index contributed by atoms with van der Waals surface area (Å²) in [5, 5.41) is 20.6. The number of fused-ring (bicyclic) bond motifs is 1. The van der Waals surface area contributed by atoms with Crippen molar-refractivity contribution < 1.29 is 5.11 Å². The Bertz CT molecular complexity index is 422. The van der Waals surface area contributed by atoms with Crippen LogP contribution in [0.15, 0.2) is 6.20 Å². The summed E-state index contributed by atoms with van der Waals surface area (Å²) in [5.74, 6) is 0. The predicted molar refractivity (Wildman–Crippen MR) is 80.8 cm³/mol. The largest absolute Gasteiger partial charge is 0.394 e. The second-order valence-corrected chi connectivity index (χ2v) is 6.57. The van der Waals surface area contributed by atoms with Gasteiger partial charge in [0.2, 0.25) is 0 Å². The molecule has 0 aliphatic heterocycles. The molecule has 0 saturated heterocycles.